The zero-order chi connectivity index (χ0) is 26.1. The number of aromatic nitrogens is 3. The number of allylic oxidation sites excluding steroid dienone is 1. The minimum atomic E-state index is -1.26. The van der Waals surface area contributed by atoms with Gasteiger partial charge < -0.3 is 20.8 Å². The number of rotatable bonds is 9. The number of nitrogens with zero attached hydrogens (tertiary/aromatic N) is 6. The number of hydrogen-bond donors (Lipinski definition) is 2. The van der Waals surface area contributed by atoms with E-state index in [0.29, 0.717) is 27.6 Å². The smallest absolute Gasteiger partial charge is 0.857 e. The molecule has 1 amide bonds. The summed E-state index contributed by atoms with van der Waals surface area (Å²) < 4.78 is 13.1. The SMILES string of the molecule is Nc1nc(/C(=N\OCCF)C([O-])=N[C@@H]2C(=O)N3C(C(=O)O)=C(Sc4nc5cccnc5s4)CC[C@H]23)cs1.[Na+]. The van der Waals surface area contributed by atoms with E-state index in [4.69, 9.17) is 10.6 Å². The third-order valence-corrected chi connectivity index (χ3v) is 8.32. The van der Waals surface area contributed by atoms with Crippen LogP contribution in [0.15, 0.2) is 48.8 Å². The number of halogens is 1. The number of anilines is 1. The van der Waals surface area contributed by atoms with Gasteiger partial charge in [0.15, 0.2) is 9.47 Å². The number of oxime groups is 1. The number of carboxylic acids is 1. The van der Waals surface area contributed by atoms with E-state index in [2.05, 4.69) is 25.1 Å². The van der Waals surface area contributed by atoms with Crippen molar-refractivity contribution in [3.63, 3.8) is 0 Å². The predicted octanol–water partition coefficient (Wildman–Crippen LogP) is -1.36. The maximum Gasteiger partial charge on any atom is 1.00 e. The zero-order valence-corrected chi connectivity index (χ0v) is 24.2. The van der Waals surface area contributed by atoms with Gasteiger partial charge in [-0.3, -0.25) is 14.7 Å². The number of aliphatic imine (C=N–C) groups is 1. The van der Waals surface area contributed by atoms with Gasteiger partial charge in [-0.15, -0.1) is 11.3 Å². The fourth-order valence-electron chi connectivity index (χ4n) is 3.91. The van der Waals surface area contributed by atoms with Crippen LogP contribution in [0.1, 0.15) is 18.5 Å². The van der Waals surface area contributed by atoms with E-state index in [0.717, 1.165) is 16.2 Å². The Hall–Kier alpha value is -2.63. The topological polar surface area (TPSA) is 179 Å². The molecule has 0 aromatic carbocycles. The van der Waals surface area contributed by atoms with Gasteiger partial charge >= 0.3 is 35.5 Å². The van der Waals surface area contributed by atoms with Crippen LogP contribution in [0, 0.1) is 0 Å². The fourth-order valence-corrected chi connectivity index (χ4v) is 6.66. The van der Waals surface area contributed by atoms with Crippen molar-refractivity contribution >= 4 is 73.4 Å². The Labute approximate surface area is 248 Å². The Kier molecular flexibility index (Phi) is 9.00. The van der Waals surface area contributed by atoms with Gasteiger partial charge in [0.1, 0.15) is 46.8 Å². The van der Waals surface area contributed by atoms with Crippen LogP contribution in [0.25, 0.3) is 10.3 Å². The van der Waals surface area contributed by atoms with Crippen LogP contribution in [0.2, 0.25) is 0 Å². The van der Waals surface area contributed by atoms with Crippen molar-refractivity contribution in [3.8, 4) is 0 Å². The van der Waals surface area contributed by atoms with Gasteiger partial charge in [-0.25, -0.2) is 24.1 Å². The van der Waals surface area contributed by atoms with Crippen molar-refractivity contribution < 1.29 is 58.6 Å². The molecule has 1 saturated heterocycles. The summed E-state index contributed by atoms with van der Waals surface area (Å²) in [5.41, 5.74) is 5.95. The van der Waals surface area contributed by atoms with Gasteiger partial charge in [-0.1, -0.05) is 28.3 Å². The average Bonchev–Trinajstić information content (AvgIpc) is 3.50. The number of thiazole rings is 2. The number of nitrogens with two attached hydrogens (primary N) is 1. The normalized spacial score (nSPS) is 19.7. The molecule has 3 aromatic rings. The van der Waals surface area contributed by atoms with E-state index in [-0.39, 0.29) is 58.4 Å². The molecule has 2 aliphatic heterocycles. The minimum Gasteiger partial charge on any atom is -0.857 e. The molecule has 17 heteroatoms. The number of nitrogen functional groups attached to an aromatic ring is 1. The largest absolute Gasteiger partial charge is 1.00 e. The van der Waals surface area contributed by atoms with Crippen molar-refractivity contribution in [2.75, 3.05) is 19.0 Å². The summed E-state index contributed by atoms with van der Waals surface area (Å²) in [5.74, 6) is -2.78. The van der Waals surface area contributed by atoms with Gasteiger partial charge in [0.2, 0.25) is 0 Å². The number of amides is 1. The molecule has 38 heavy (non-hydrogen) atoms. The summed E-state index contributed by atoms with van der Waals surface area (Å²) in [7, 11) is 0. The van der Waals surface area contributed by atoms with E-state index in [1.54, 1.807) is 12.3 Å². The van der Waals surface area contributed by atoms with E-state index in [1.807, 2.05) is 6.07 Å². The van der Waals surface area contributed by atoms with Crippen LogP contribution >= 0.6 is 34.4 Å². The van der Waals surface area contributed by atoms with Crippen molar-refractivity contribution in [1.29, 1.82) is 0 Å². The van der Waals surface area contributed by atoms with E-state index in [1.165, 1.54) is 33.4 Å². The number of aliphatic carboxylic acids is 1. The maximum atomic E-state index is 13.0. The average molecular weight is 586 g/mol. The van der Waals surface area contributed by atoms with Crippen LogP contribution < -0.4 is 40.4 Å². The molecule has 3 aromatic heterocycles. The molecule has 2 atom stereocenters. The first-order valence-corrected chi connectivity index (χ1v) is 13.3. The molecule has 0 spiro atoms. The molecule has 12 nitrogen and oxygen atoms in total. The van der Waals surface area contributed by atoms with E-state index < -0.39 is 36.5 Å². The third kappa shape index (κ3) is 5.55. The Morgan fingerprint density at radius 3 is 2.92 bits per heavy atom. The maximum absolute atomic E-state index is 13.0. The number of fused-ring (bicyclic) bond motifs is 2. The molecular weight excluding hydrogens is 568 g/mol. The van der Waals surface area contributed by atoms with Crippen molar-refractivity contribution in [2.24, 2.45) is 10.1 Å². The Balaban J connectivity index is 0.00000336. The van der Waals surface area contributed by atoms with Crippen LogP contribution in [0.5, 0.6) is 0 Å². The standard InChI is InChI=1S/C21H18FN7O5S3.Na/c22-5-7-34-28-13(10-8-35-20(23)25-10)16(30)27-14-11-3-4-12(15(19(32)33)29(11)18(14)31)36-21-26-9-2-1-6-24-17(9)37-21;/h1-2,6,8,11,14H,3-5,7H2,(H2,23,25)(H,27,30)(H,32,33);/q;+1/p-1/b28-13+;/t11-,14+;/m1./s1. The number of pyridine rings is 1. The first-order valence-electron chi connectivity index (χ1n) is 10.8. The molecule has 2 aliphatic rings. The molecule has 0 aliphatic carbocycles. The second-order valence-electron chi connectivity index (χ2n) is 7.71. The Morgan fingerprint density at radius 1 is 1.42 bits per heavy atom. The summed E-state index contributed by atoms with van der Waals surface area (Å²) in [4.78, 5) is 49.0. The number of thioether (sulfide) groups is 1. The van der Waals surface area contributed by atoms with E-state index in [9.17, 15) is 24.2 Å². The number of β-lactam (4-membered cyclic amide) rings is 1. The summed E-state index contributed by atoms with van der Waals surface area (Å²) in [6, 6.07) is 1.87. The zero-order valence-electron chi connectivity index (χ0n) is 19.7. The number of hydrogen-bond acceptors (Lipinski definition) is 13. The van der Waals surface area contributed by atoms with Crippen LogP contribution in [-0.2, 0) is 14.4 Å². The monoisotopic (exact) mass is 585 g/mol. The van der Waals surface area contributed by atoms with E-state index >= 15 is 0 Å². The summed E-state index contributed by atoms with van der Waals surface area (Å²) in [6.07, 6.45) is 2.40. The van der Waals surface area contributed by atoms with Gasteiger partial charge in [-0.05, 0) is 25.0 Å². The van der Waals surface area contributed by atoms with Gasteiger partial charge in [0.05, 0.1) is 6.04 Å². The first kappa shape index (κ1) is 28.4. The fraction of sp³-hybridized carbons (Fsp3) is 0.286. The molecule has 192 valence electrons. The Morgan fingerprint density at radius 2 is 2.24 bits per heavy atom. The number of carboxylic acid groups (broad SMARTS) is 1. The number of carbonyl (C=O) groups is 2. The summed E-state index contributed by atoms with van der Waals surface area (Å²) >= 11 is 3.58. The second kappa shape index (κ2) is 12.0. The van der Waals surface area contributed by atoms with Crippen LogP contribution in [0.3, 0.4) is 0 Å². The quantitative estimate of drug-likeness (QED) is 0.0761. The summed E-state index contributed by atoms with van der Waals surface area (Å²) in [5, 5.41) is 28.1. The second-order valence-corrected chi connectivity index (χ2v) is 10.9. The molecule has 1 fully saturated rings. The molecule has 5 heterocycles. The minimum absolute atomic E-state index is 0. The van der Waals surface area contributed by atoms with Crippen molar-refractivity contribution in [2.45, 2.75) is 29.3 Å². The van der Waals surface area contributed by atoms with Crippen molar-refractivity contribution in [1.82, 2.24) is 19.9 Å². The van der Waals surface area contributed by atoms with Crippen molar-refractivity contribution in [3.05, 3.63) is 40.0 Å². The first-order chi connectivity index (χ1) is 17.9. The van der Waals surface area contributed by atoms with Gasteiger partial charge in [0.25, 0.3) is 5.91 Å². The van der Waals surface area contributed by atoms with Gasteiger partial charge in [0, 0.05) is 22.4 Å². The molecule has 0 bridgehead atoms. The molecule has 5 rings (SSSR count). The number of alkyl halides is 1. The molecule has 0 radical (unpaired) electrons. The summed E-state index contributed by atoms with van der Waals surface area (Å²) in [6.45, 7) is -1.20. The predicted molar refractivity (Wildman–Crippen MR) is 134 cm³/mol. The van der Waals surface area contributed by atoms with Crippen LogP contribution in [-0.4, -0.2) is 73.8 Å². The molecule has 0 saturated carbocycles. The molecule has 0 unspecified atom stereocenters. The third-order valence-electron chi connectivity index (χ3n) is 5.47. The van der Waals surface area contributed by atoms with Crippen LogP contribution in [0.4, 0.5) is 9.52 Å². The number of carbonyl (C=O) groups excluding carboxylic acids is 1. The Bertz CT molecular complexity index is 1440. The van der Waals surface area contributed by atoms with Gasteiger partial charge in [-0.2, -0.15) is 0 Å². The molecule has 3 N–H and O–H groups in total. The molecular formula is C21H17FN7NaO5S3.